The molecule has 0 saturated heterocycles. The number of carbonyl (C=O) groups excluding carboxylic acids is 2. The molecule has 50 heavy (non-hydrogen) atoms. The van der Waals surface area contributed by atoms with Crippen LogP contribution in [0.3, 0.4) is 0 Å². The van der Waals surface area contributed by atoms with Gasteiger partial charge in [-0.15, -0.1) is 0 Å². The van der Waals surface area contributed by atoms with Crippen molar-refractivity contribution in [2.75, 3.05) is 26.8 Å². The molecule has 0 fully saturated rings. The van der Waals surface area contributed by atoms with Crippen molar-refractivity contribution in [1.82, 2.24) is 9.62 Å². The molecule has 3 rings (SSSR count). The predicted octanol–water partition coefficient (Wildman–Crippen LogP) is 5.72. The van der Waals surface area contributed by atoms with Gasteiger partial charge in [-0.05, 0) is 81.0 Å². The topological polar surface area (TPSA) is 184 Å². The summed E-state index contributed by atoms with van der Waals surface area (Å²) in [6.45, 7) is 8.04. The highest BCUT2D eigenvalue weighted by atomic mass is 32.2. The van der Waals surface area contributed by atoms with Gasteiger partial charge in [0.05, 0.1) is 35.7 Å². The zero-order chi connectivity index (χ0) is 37.1. The Bertz CT molecular complexity index is 1680. The van der Waals surface area contributed by atoms with Crippen LogP contribution in [-0.2, 0) is 25.9 Å². The maximum absolute atomic E-state index is 14.1. The molecule has 0 bridgehead atoms. The van der Waals surface area contributed by atoms with Crippen molar-refractivity contribution in [2.45, 2.75) is 70.1 Å². The van der Waals surface area contributed by atoms with Crippen LogP contribution in [0.4, 0.5) is 15.3 Å². The zero-order valence-electron chi connectivity index (χ0n) is 29.0. The van der Waals surface area contributed by atoms with E-state index in [2.05, 4.69) is 5.32 Å². The first kappa shape index (κ1) is 39.7. The minimum atomic E-state index is -4.22. The Morgan fingerprint density at radius 1 is 0.940 bits per heavy atom. The van der Waals surface area contributed by atoms with Crippen molar-refractivity contribution in [3.8, 4) is 11.5 Å². The van der Waals surface area contributed by atoms with E-state index in [1.165, 1.54) is 55.6 Å². The Balaban J connectivity index is 1.81. The summed E-state index contributed by atoms with van der Waals surface area (Å²) in [4.78, 5) is 35.4. The standard InChI is InChI=1S/C35H45N3O11S/c1-34(2,3)49-32(40)36-30(22-25-10-8-7-9-11-25)31(39)23-37(50(44,45)29-18-16-27(46-6)17-19-29)24-35(4,5)20-21-47-33(41)48-28-14-12-26(13-15-28)38(42)43/h7-19,30-31,39H,20-24H2,1-6H3,(H,36,40)/t30-,31?/m0/s1. The van der Waals surface area contributed by atoms with Crippen LogP contribution < -0.4 is 14.8 Å². The summed E-state index contributed by atoms with van der Waals surface area (Å²) < 4.78 is 50.3. The molecule has 0 saturated carbocycles. The normalized spacial score (nSPS) is 13.2. The first-order valence-electron chi connectivity index (χ1n) is 15.8. The second kappa shape index (κ2) is 17.3. The lowest BCUT2D eigenvalue weighted by atomic mass is 9.89. The molecule has 0 aliphatic carbocycles. The maximum Gasteiger partial charge on any atom is 0.513 e. The monoisotopic (exact) mass is 715 g/mol. The van der Waals surface area contributed by atoms with Gasteiger partial charge in [0.2, 0.25) is 10.0 Å². The number of nitro benzene ring substituents is 1. The molecule has 3 aromatic carbocycles. The SMILES string of the molecule is COc1ccc(S(=O)(=O)N(CC(O)[C@H](Cc2ccccc2)NC(=O)OC(C)(C)C)CC(C)(C)CCOC(=O)Oc2ccc([N+](=O)[O-])cc2)cc1. The number of benzene rings is 3. The number of rotatable bonds is 16. The van der Waals surface area contributed by atoms with E-state index >= 15 is 0 Å². The molecule has 15 heteroatoms. The number of hydrogen-bond donors (Lipinski definition) is 2. The Kier molecular flexibility index (Phi) is 13.7. The minimum absolute atomic E-state index is 0.0380. The molecule has 14 nitrogen and oxygen atoms in total. The van der Waals surface area contributed by atoms with Crippen molar-refractivity contribution < 1.29 is 47.0 Å². The molecule has 272 valence electrons. The van der Waals surface area contributed by atoms with Gasteiger partial charge in [-0.2, -0.15) is 4.31 Å². The number of nitrogens with one attached hydrogen (secondary N) is 1. The fourth-order valence-electron chi connectivity index (χ4n) is 4.82. The highest BCUT2D eigenvalue weighted by Crippen LogP contribution is 2.28. The lowest BCUT2D eigenvalue weighted by Crippen LogP contribution is -2.52. The first-order chi connectivity index (χ1) is 23.4. The van der Waals surface area contributed by atoms with E-state index in [0.29, 0.717) is 5.75 Å². The highest BCUT2D eigenvalue weighted by molar-refractivity contribution is 7.89. The van der Waals surface area contributed by atoms with E-state index in [1.807, 2.05) is 30.3 Å². The van der Waals surface area contributed by atoms with Crippen LogP contribution in [0.25, 0.3) is 0 Å². The molecule has 0 aromatic heterocycles. The fourth-order valence-corrected chi connectivity index (χ4v) is 6.47. The van der Waals surface area contributed by atoms with Crippen LogP contribution in [-0.4, -0.2) is 79.6 Å². The van der Waals surface area contributed by atoms with E-state index in [0.717, 1.165) is 9.87 Å². The van der Waals surface area contributed by atoms with Crippen molar-refractivity contribution in [2.24, 2.45) is 5.41 Å². The summed E-state index contributed by atoms with van der Waals surface area (Å²) in [7, 11) is -2.75. The van der Waals surface area contributed by atoms with Crippen molar-refractivity contribution in [3.05, 3.63) is 94.5 Å². The fraction of sp³-hybridized carbons (Fsp3) is 0.429. The molecule has 2 N–H and O–H groups in total. The average Bonchev–Trinajstić information content (AvgIpc) is 3.03. The number of methoxy groups -OCH3 is 1. The number of aliphatic hydroxyl groups excluding tert-OH is 1. The average molecular weight is 716 g/mol. The van der Waals surface area contributed by atoms with Crippen molar-refractivity contribution in [3.63, 3.8) is 0 Å². The summed E-state index contributed by atoms with van der Waals surface area (Å²) in [5.41, 5.74) is -0.981. The molecule has 1 unspecified atom stereocenters. The summed E-state index contributed by atoms with van der Waals surface area (Å²) in [6, 6.07) is 18.9. The van der Waals surface area contributed by atoms with Gasteiger partial charge >= 0.3 is 12.2 Å². The van der Waals surface area contributed by atoms with Crippen LogP contribution in [0, 0.1) is 15.5 Å². The van der Waals surface area contributed by atoms with Crippen LogP contribution in [0.1, 0.15) is 46.6 Å². The number of carbonyl (C=O) groups is 2. The number of ether oxygens (including phenoxy) is 4. The molecular weight excluding hydrogens is 670 g/mol. The van der Waals surface area contributed by atoms with Gasteiger partial charge < -0.3 is 29.4 Å². The summed E-state index contributed by atoms with van der Waals surface area (Å²) in [5.74, 6) is 0.508. The number of hydrogen-bond acceptors (Lipinski definition) is 11. The molecule has 3 aromatic rings. The van der Waals surface area contributed by atoms with Crippen LogP contribution in [0.5, 0.6) is 11.5 Å². The number of aliphatic hydroxyl groups is 1. The number of nitro groups is 1. The third-order valence-electron chi connectivity index (χ3n) is 7.40. The molecule has 1 amide bonds. The van der Waals surface area contributed by atoms with E-state index < -0.39 is 56.9 Å². The number of non-ortho nitro benzene ring substituents is 1. The summed E-state index contributed by atoms with van der Waals surface area (Å²) in [6.07, 6.45) is -2.80. The lowest BCUT2D eigenvalue weighted by molar-refractivity contribution is -0.384. The van der Waals surface area contributed by atoms with Gasteiger partial charge in [0.1, 0.15) is 17.1 Å². The van der Waals surface area contributed by atoms with E-state index in [9.17, 15) is 33.2 Å². The van der Waals surface area contributed by atoms with E-state index in [4.69, 9.17) is 18.9 Å². The minimum Gasteiger partial charge on any atom is -0.497 e. The third kappa shape index (κ3) is 12.6. The van der Waals surface area contributed by atoms with E-state index in [1.54, 1.807) is 34.6 Å². The molecule has 0 heterocycles. The van der Waals surface area contributed by atoms with Gasteiger partial charge in [-0.3, -0.25) is 10.1 Å². The Hall–Kier alpha value is -4.73. The second-order valence-corrected chi connectivity index (χ2v) is 15.3. The first-order valence-corrected chi connectivity index (χ1v) is 17.3. The van der Waals surface area contributed by atoms with Crippen LogP contribution in [0.15, 0.2) is 83.8 Å². The molecule has 0 spiro atoms. The molecular formula is C35H45N3O11S. The number of amides is 1. The number of alkyl carbamates (subject to hydrolysis) is 1. The number of sulfonamides is 1. The largest absolute Gasteiger partial charge is 0.513 e. The molecule has 0 aliphatic rings. The molecule has 0 radical (unpaired) electrons. The van der Waals surface area contributed by atoms with Crippen LogP contribution >= 0.6 is 0 Å². The number of nitrogens with zero attached hydrogens (tertiary/aromatic N) is 2. The predicted molar refractivity (Wildman–Crippen MR) is 185 cm³/mol. The van der Waals surface area contributed by atoms with Crippen LogP contribution in [0.2, 0.25) is 0 Å². The summed E-state index contributed by atoms with van der Waals surface area (Å²) >= 11 is 0. The maximum atomic E-state index is 14.1. The van der Waals surface area contributed by atoms with Gasteiger partial charge in [0.15, 0.2) is 0 Å². The Morgan fingerprint density at radius 2 is 1.54 bits per heavy atom. The van der Waals surface area contributed by atoms with Gasteiger partial charge in [0, 0.05) is 25.2 Å². The third-order valence-corrected chi connectivity index (χ3v) is 9.23. The van der Waals surface area contributed by atoms with E-state index in [-0.39, 0.29) is 42.3 Å². The van der Waals surface area contributed by atoms with Crippen molar-refractivity contribution >= 4 is 28.0 Å². The Labute approximate surface area is 292 Å². The van der Waals surface area contributed by atoms with Gasteiger partial charge in [0.25, 0.3) is 5.69 Å². The lowest BCUT2D eigenvalue weighted by Gasteiger charge is -2.35. The zero-order valence-corrected chi connectivity index (χ0v) is 29.8. The van der Waals surface area contributed by atoms with Gasteiger partial charge in [-0.25, -0.2) is 18.0 Å². The smallest absolute Gasteiger partial charge is 0.497 e. The Morgan fingerprint density at radius 3 is 2.10 bits per heavy atom. The molecule has 0 aliphatic heterocycles. The van der Waals surface area contributed by atoms with Crippen molar-refractivity contribution in [1.29, 1.82) is 0 Å². The molecule has 2 atom stereocenters. The quantitative estimate of drug-likeness (QED) is 0.0800. The van der Waals surface area contributed by atoms with Gasteiger partial charge in [-0.1, -0.05) is 44.2 Å². The highest BCUT2D eigenvalue weighted by Gasteiger charge is 2.35. The summed E-state index contributed by atoms with van der Waals surface area (Å²) in [5, 5.41) is 25.2. The second-order valence-electron chi connectivity index (χ2n) is 13.3.